The van der Waals surface area contributed by atoms with Crippen molar-refractivity contribution >= 4 is 35.0 Å². The number of phenols is 1. The number of ether oxygens (including phenoxy) is 1. The van der Waals surface area contributed by atoms with Crippen LogP contribution >= 0.6 is 23.2 Å². The third-order valence-electron chi connectivity index (χ3n) is 4.26. The average Bonchev–Trinajstić information content (AvgIpc) is 2.78. The first kappa shape index (κ1) is 26.7. The Morgan fingerprint density at radius 3 is 2.16 bits per heavy atom. The lowest BCUT2D eigenvalue weighted by Crippen LogP contribution is -2.15. The van der Waals surface area contributed by atoms with E-state index in [9.17, 15) is 14.7 Å². The van der Waals surface area contributed by atoms with Crippen molar-refractivity contribution in [2.45, 2.75) is 37.5 Å². The van der Waals surface area contributed by atoms with Crippen LogP contribution in [0.25, 0.3) is 0 Å². The minimum Gasteiger partial charge on any atom is -0.506 e. The number of alkyl halides is 1. The second-order valence-electron chi connectivity index (χ2n) is 6.57. The number of ketones is 1. The van der Waals surface area contributed by atoms with Crippen molar-refractivity contribution in [3.05, 3.63) is 76.8 Å². The molecule has 0 aromatic heterocycles. The van der Waals surface area contributed by atoms with E-state index in [0.717, 1.165) is 13.5 Å². The number of carbonyl (C=O) groups is 2. The smallest absolute Gasteiger partial charge is 0.338 e. The molecule has 1 aliphatic heterocycles. The average molecular weight is 467 g/mol. The number of benzene rings is 2. The van der Waals surface area contributed by atoms with Gasteiger partial charge in [0.1, 0.15) is 11.5 Å². The summed E-state index contributed by atoms with van der Waals surface area (Å²) in [5, 5.41) is 16.5. The van der Waals surface area contributed by atoms with Crippen molar-refractivity contribution in [2.75, 3.05) is 13.7 Å². The first-order valence-electron chi connectivity index (χ1n) is 9.92. The van der Waals surface area contributed by atoms with Gasteiger partial charge < -0.3 is 14.9 Å². The summed E-state index contributed by atoms with van der Waals surface area (Å²) in [5.41, 5.74) is 0.492. The Labute approximate surface area is 193 Å². The first-order chi connectivity index (χ1) is 15.0. The number of aromatic hydroxyl groups is 1. The largest absolute Gasteiger partial charge is 0.506 e. The maximum Gasteiger partial charge on any atom is 0.338 e. The standard InChI is InChI=1S/C17H18Cl2O4.C6H6.CH4O/c18-11-5-3-1-2-4-8-23-17(22)13-6-7-15(21)16(19)14(13)10-12(20)9-11;1-2-4-6-5-3-1;1-2/h1-2,6-7,11,21H,3-5,8-10H2;1-6H;2H,1H3/b2-1+;;. The normalized spacial score (nSPS) is 18.0. The van der Waals surface area contributed by atoms with Crippen molar-refractivity contribution in [3.8, 4) is 5.75 Å². The molecule has 7 heteroatoms. The number of esters is 1. The second kappa shape index (κ2) is 15.5. The van der Waals surface area contributed by atoms with Gasteiger partial charge in [-0.15, -0.1) is 11.6 Å². The summed E-state index contributed by atoms with van der Waals surface area (Å²) < 4.78 is 5.20. The Morgan fingerprint density at radius 1 is 0.968 bits per heavy atom. The number of hydrogen-bond donors (Lipinski definition) is 2. The fourth-order valence-electron chi connectivity index (χ4n) is 2.79. The molecule has 0 aliphatic carbocycles. The number of hydrogen-bond acceptors (Lipinski definition) is 5. The minimum absolute atomic E-state index is 0.00547. The van der Waals surface area contributed by atoms with Crippen LogP contribution in [0, 0.1) is 0 Å². The molecule has 5 nitrogen and oxygen atoms in total. The molecule has 1 atom stereocenters. The third-order valence-corrected chi connectivity index (χ3v) is 5.06. The van der Waals surface area contributed by atoms with Gasteiger partial charge in [-0.3, -0.25) is 4.79 Å². The van der Waals surface area contributed by atoms with Gasteiger partial charge >= 0.3 is 5.97 Å². The summed E-state index contributed by atoms with van der Waals surface area (Å²) in [7, 11) is 1.00. The highest BCUT2D eigenvalue weighted by molar-refractivity contribution is 6.33. The highest BCUT2D eigenvalue weighted by Crippen LogP contribution is 2.31. The van der Waals surface area contributed by atoms with Gasteiger partial charge in [-0.25, -0.2) is 4.79 Å². The summed E-state index contributed by atoms with van der Waals surface area (Å²) in [6, 6.07) is 14.7. The van der Waals surface area contributed by atoms with E-state index in [1.807, 2.05) is 48.6 Å². The Morgan fingerprint density at radius 2 is 1.55 bits per heavy atom. The molecule has 168 valence electrons. The number of cyclic esters (lactones) is 1. The fraction of sp³-hybridized carbons (Fsp3) is 0.333. The van der Waals surface area contributed by atoms with Crippen molar-refractivity contribution in [3.63, 3.8) is 0 Å². The summed E-state index contributed by atoms with van der Waals surface area (Å²) in [6.45, 7) is 0.242. The van der Waals surface area contributed by atoms with Crippen molar-refractivity contribution < 1.29 is 24.5 Å². The molecule has 0 amide bonds. The second-order valence-corrected chi connectivity index (χ2v) is 7.56. The zero-order valence-electron chi connectivity index (χ0n) is 17.5. The molecule has 0 spiro atoms. The number of phenolic OH excluding ortho intramolecular Hbond substituents is 1. The van der Waals surface area contributed by atoms with Gasteiger partial charge in [0, 0.05) is 25.3 Å². The molecular formula is C24H28Cl2O5. The van der Waals surface area contributed by atoms with Crippen molar-refractivity contribution in [2.24, 2.45) is 0 Å². The number of Topliss-reactive ketones (excluding diaryl/α,β-unsaturated/α-hetero) is 1. The van der Waals surface area contributed by atoms with Gasteiger partial charge in [0.2, 0.25) is 0 Å². The monoisotopic (exact) mass is 466 g/mol. The van der Waals surface area contributed by atoms with Crippen molar-refractivity contribution in [1.82, 2.24) is 0 Å². The molecule has 1 heterocycles. The highest BCUT2D eigenvalue weighted by atomic mass is 35.5. The van der Waals surface area contributed by atoms with E-state index in [0.29, 0.717) is 12.8 Å². The van der Waals surface area contributed by atoms with E-state index in [1.54, 1.807) is 0 Å². The number of aliphatic hydroxyl groups excluding tert-OH is 1. The SMILES string of the molecule is CO.O=C1Cc2c(ccc(O)c2Cl)C(=O)OCC/C=C/CCC(Cl)C1.c1ccccc1. The summed E-state index contributed by atoms with van der Waals surface area (Å²) in [6.07, 6.45) is 6.11. The molecule has 0 saturated carbocycles. The zero-order chi connectivity index (χ0) is 23.1. The molecular weight excluding hydrogens is 439 g/mol. The molecule has 3 rings (SSSR count). The molecule has 31 heavy (non-hydrogen) atoms. The van der Waals surface area contributed by atoms with E-state index in [4.69, 9.17) is 33.0 Å². The first-order valence-corrected chi connectivity index (χ1v) is 10.7. The maximum absolute atomic E-state index is 12.2. The van der Waals surface area contributed by atoms with Gasteiger partial charge in [-0.05, 0) is 37.0 Å². The predicted octanol–water partition coefficient (Wildman–Crippen LogP) is 5.35. The molecule has 2 N–H and O–H groups in total. The van der Waals surface area contributed by atoms with Crippen LogP contribution in [0.4, 0.5) is 0 Å². The lowest BCUT2D eigenvalue weighted by molar-refractivity contribution is -0.118. The van der Waals surface area contributed by atoms with Crippen LogP contribution in [0.15, 0.2) is 60.7 Å². The van der Waals surface area contributed by atoms with E-state index in [1.165, 1.54) is 12.1 Å². The summed E-state index contributed by atoms with van der Waals surface area (Å²) in [4.78, 5) is 24.4. The third kappa shape index (κ3) is 10.0. The van der Waals surface area contributed by atoms with Crippen LogP contribution in [0.5, 0.6) is 5.75 Å². The summed E-state index contributed by atoms with van der Waals surface area (Å²) >= 11 is 12.3. The molecule has 0 saturated heterocycles. The van der Waals surface area contributed by atoms with E-state index >= 15 is 0 Å². The number of halogens is 2. The van der Waals surface area contributed by atoms with Crippen LogP contribution in [-0.2, 0) is 16.0 Å². The molecule has 2 aromatic rings. The number of aliphatic hydroxyl groups is 1. The van der Waals surface area contributed by atoms with E-state index in [2.05, 4.69) is 0 Å². The lowest BCUT2D eigenvalue weighted by atomic mass is 9.98. The summed E-state index contributed by atoms with van der Waals surface area (Å²) in [5.74, 6) is -0.854. The van der Waals surface area contributed by atoms with Crippen molar-refractivity contribution in [1.29, 1.82) is 0 Å². The minimum atomic E-state index is -0.553. The number of fused-ring (bicyclic) bond motifs is 1. The van der Waals surface area contributed by atoms with E-state index < -0.39 is 5.97 Å². The molecule has 0 radical (unpaired) electrons. The number of allylic oxidation sites excluding steroid dienone is 1. The van der Waals surface area contributed by atoms with Gasteiger partial charge in [-0.2, -0.15) is 0 Å². The fourth-order valence-corrected chi connectivity index (χ4v) is 3.32. The van der Waals surface area contributed by atoms with Gasteiger partial charge in [0.15, 0.2) is 0 Å². The molecule has 0 fully saturated rings. The van der Waals surface area contributed by atoms with Gasteiger partial charge in [0.25, 0.3) is 0 Å². The van der Waals surface area contributed by atoms with Crippen LogP contribution in [0.3, 0.4) is 0 Å². The molecule has 2 aromatic carbocycles. The Bertz CT molecular complexity index is 811. The predicted molar refractivity (Wildman–Crippen MR) is 124 cm³/mol. The number of rotatable bonds is 0. The molecule has 1 unspecified atom stereocenters. The van der Waals surface area contributed by atoms with Crippen LogP contribution in [-0.4, -0.2) is 41.1 Å². The highest BCUT2D eigenvalue weighted by Gasteiger charge is 2.21. The van der Waals surface area contributed by atoms with Crippen LogP contribution in [0.2, 0.25) is 5.02 Å². The van der Waals surface area contributed by atoms with E-state index in [-0.39, 0.29) is 52.5 Å². The van der Waals surface area contributed by atoms with Gasteiger partial charge in [0.05, 0.1) is 17.2 Å². The Hall–Kier alpha value is -2.34. The maximum atomic E-state index is 12.2. The van der Waals surface area contributed by atoms with Crippen LogP contribution < -0.4 is 0 Å². The Balaban J connectivity index is 0.000000508. The Kier molecular flexibility index (Phi) is 13.3. The zero-order valence-corrected chi connectivity index (χ0v) is 19.0. The molecule has 1 aliphatic rings. The number of carbonyl (C=O) groups excluding carboxylic acids is 2. The topological polar surface area (TPSA) is 83.8 Å². The quantitative estimate of drug-likeness (QED) is 0.310. The van der Waals surface area contributed by atoms with Gasteiger partial charge in [-0.1, -0.05) is 60.2 Å². The van der Waals surface area contributed by atoms with Crippen LogP contribution in [0.1, 0.15) is 41.6 Å². The molecule has 0 bridgehead atoms. The lowest BCUT2D eigenvalue weighted by Gasteiger charge is -2.13.